The Kier molecular flexibility index (Phi) is 6.62. The third-order valence-electron chi connectivity index (χ3n) is 3.65. The molecule has 142 valence electrons. The van der Waals surface area contributed by atoms with Gasteiger partial charge in [0, 0.05) is 15.2 Å². The number of ether oxygens (including phenoxy) is 1. The Morgan fingerprint density at radius 1 is 0.857 bits per heavy atom. The van der Waals surface area contributed by atoms with Crippen molar-refractivity contribution in [1.29, 1.82) is 0 Å². The number of nitrogens with one attached hydrogen (secondary N) is 1. The summed E-state index contributed by atoms with van der Waals surface area (Å²) in [5, 5.41) is 3.66. The van der Waals surface area contributed by atoms with E-state index in [2.05, 4.69) is 21.2 Å². The Morgan fingerprint density at radius 2 is 1.57 bits per heavy atom. The summed E-state index contributed by atoms with van der Waals surface area (Å²) < 4.78 is 6.24. The zero-order chi connectivity index (χ0) is 20.3. The summed E-state index contributed by atoms with van der Waals surface area (Å²) in [5.41, 5.74) is 0.877. The van der Waals surface area contributed by atoms with Crippen molar-refractivity contribution in [2.75, 3.05) is 5.32 Å². The summed E-state index contributed by atoms with van der Waals surface area (Å²) >= 11 is 21.2. The highest BCUT2D eigenvalue weighted by Crippen LogP contribution is 2.28. The van der Waals surface area contributed by atoms with Crippen LogP contribution in [-0.4, -0.2) is 11.9 Å². The molecular formula is C20H11BrCl3NO3. The van der Waals surface area contributed by atoms with Gasteiger partial charge in [0.15, 0.2) is 0 Å². The van der Waals surface area contributed by atoms with E-state index in [-0.39, 0.29) is 11.3 Å². The van der Waals surface area contributed by atoms with Crippen LogP contribution in [0, 0.1) is 0 Å². The van der Waals surface area contributed by atoms with E-state index in [4.69, 9.17) is 39.5 Å². The minimum absolute atomic E-state index is 0.0786. The number of hydrogen-bond donors (Lipinski definition) is 1. The second kappa shape index (κ2) is 8.97. The predicted molar refractivity (Wildman–Crippen MR) is 115 cm³/mol. The number of amides is 1. The first kappa shape index (κ1) is 20.7. The highest BCUT2D eigenvalue weighted by Gasteiger charge is 2.18. The number of carbonyl (C=O) groups is 2. The number of esters is 1. The molecule has 0 aromatic heterocycles. The Morgan fingerprint density at radius 3 is 2.25 bits per heavy atom. The average Bonchev–Trinajstić information content (AvgIpc) is 2.66. The van der Waals surface area contributed by atoms with E-state index in [1.165, 1.54) is 24.3 Å². The van der Waals surface area contributed by atoms with Crippen LogP contribution in [0.15, 0.2) is 65.1 Å². The zero-order valence-electron chi connectivity index (χ0n) is 14.0. The number of benzene rings is 3. The Balaban J connectivity index is 1.85. The van der Waals surface area contributed by atoms with Gasteiger partial charge in [0.2, 0.25) is 0 Å². The quantitative estimate of drug-likeness (QED) is 0.314. The van der Waals surface area contributed by atoms with Crippen molar-refractivity contribution < 1.29 is 14.3 Å². The number of halogens is 4. The average molecular weight is 500 g/mol. The van der Waals surface area contributed by atoms with E-state index >= 15 is 0 Å². The second-order valence-corrected chi connectivity index (χ2v) is 7.79. The molecule has 0 heterocycles. The molecule has 0 saturated heterocycles. The predicted octanol–water partition coefficient (Wildman–Crippen LogP) is 6.88. The Bertz CT molecular complexity index is 1060. The fourth-order valence-corrected chi connectivity index (χ4v) is 3.02. The van der Waals surface area contributed by atoms with Crippen LogP contribution in [0.3, 0.4) is 0 Å². The summed E-state index contributed by atoms with van der Waals surface area (Å²) in [7, 11) is 0. The molecule has 0 atom stereocenters. The van der Waals surface area contributed by atoms with Gasteiger partial charge in [-0.3, -0.25) is 4.79 Å². The number of hydrogen-bond acceptors (Lipinski definition) is 3. The lowest BCUT2D eigenvalue weighted by Crippen LogP contribution is -2.16. The van der Waals surface area contributed by atoms with Crippen LogP contribution in [0.25, 0.3) is 0 Å². The third-order valence-corrected chi connectivity index (χ3v) is 5.15. The van der Waals surface area contributed by atoms with Crippen LogP contribution >= 0.6 is 50.7 Å². The van der Waals surface area contributed by atoms with Crippen molar-refractivity contribution in [2.45, 2.75) is 0 Å². The molecule has 0 aliphatic carbocycles. The van der Waals surface area contributed by atoms with Crippen molar-refractivity contribution >= 4 is 68.3 Å². The minimum Gasteiger partial charge on any atom is -0.422 e. The lowest BCUT2D eigenvalue weighted by Gasteiger charge is -2.12. The third kappa shape index (κ3) is 5.06. The molecule has 0 bridgehead atoms. The van der Waals surface area contributed by atoms with Crippen LogP contribution in [0.2, 0.25) is 15.1 Å². The molecule has 1 N–H and O–H groups in total. The molecule has 8 heteroatoms. The molecule has 1 amide bonds. The van der Waals surface area contributed by atoms with Crippen LogP contribution in [0.4, 0.5) is 5.69 Å². The van der Waals surface area contributed by atoms with Gasteiger partial charge in [0.25, 0.3) is 5.91 Å². The first-order valence-electron chi connectivity index (χ1n) is 7.87. The molecule has 0 spiro atoms. The Labute approximate surface area is 184 Å². The summed E-state index contributed by atoms with van der Waals surface area (Å²) in [5.74, 6) is -1.03. The van der Waals surface area contributed by atoms with Crippen molar-refractivity contribution in [1.82, 2.24) is 0 Å². The van der Waals surface area contributed by atoms with Crippen molar-refractivity contribution in [3.8, 4) is 5.75 Å². The molecule has 0 aliphatic rings. The van der Waals surface area contributed by atoms with Crippen LogP contribution < -0.4 is 10.1 Å². The van der Waals surface area contributed by atoms with Gasteiger partial charge in [-0.2, -0.15) is 0 Å². The molecule has 0 aliphatic heterocycles. The SMILES string of the molecule is O=C(Oc1ccc(Cl)cc1C(=O)Nc1ccc(Cl)c(Cl)c1)c1ccc(Br)cc1. The van der Waals surface area contributed by atoms with Gasteiger partial charge in [-0.15, -0.1) is 0 Å². The molecule has 3 rings (SSSR count). The molecule has 3 aromatic carbocycles. The molecule has 0 saturated carbocycles. The first-order valence-corrected chi connectivity index (χ1v) is 9.80. The van der Waals surface area contributed by atoms with Gasteiger partial charge in [0.05, 0.1) is 21.2 Å². The second-order valence-electron chi connectivity index (χ2n) is 5.62. The topological polar surface area (TPSA) is 55.4 Å². The normalized spacial score (nSPS) is 10.4. The molecule has 28 heavy (non-hydrogen) atoms. The Hall–Kier alpha value is -2.05. The summed E-state index contributed by atoms with van der Waals surface area (Å²) in [6, 6.07) is 15.7. The van der Waals surface area contributed by atoms with Crippen LogP contribution in [-0.2, 0) is 0 Å². The summed E-state index contributed by atoms with van der Waals surface area (Å²) in [6.07, 6.45) is 0. The molecule has 0 fully saturated rings. The van der Waals surface area contributed by atoms with Crippen LogP contribution in [0.1, 0.15) is 20.7 Å². The first-order chi connectivity index (χ1) is 13.3. The molecular weight excluding hydrogens is 488 g/mol. The van der Waals surface area contributed by atoms with Crippen LogP contribution in [0.5, 0.6) is 5.75 Å². The zero-order valence-corrected chi connectivity index (χ0v) is 17.9. The highest BCUT2D eigenvalue weighted by molar-refractivity contribution is 9.10. The number of carbonyl (C=O) groups excluding carboxylic acids is 2. The van der Waals surface area contributed by atoms with Crippen molar-refractivity contribution in [2.24, 2.45) is 0 Å². The van der Waals surface area contributed by atoms with E-state index in [0.29, 0.717) is 26.3 Å². The number of anilines is 1. The summed E-state index contributed by atoms with van der Waals surface area (Å²) in [4.78, 5) is 25.1. The number of rotatable bonds is 4. The van der Waals surface area contributed by atoms with Gasteiger partial charge < -0.3 is 10.1 Å². The van der Waals surface area contributed by atoms with Crippen molar-refractivity contribution in [3.05, 3.63) is 91.3 Å². The monoisotopic (exact) mass is 497 g/mol. The minimum atomic E-state index is -0.599. The van der Waals surface area contributed by atoms with E-state index in [0.717, 1.165) is 4.47 Å². The summed E-state index contributed by atoms with van der Waals surface area (Å²) in [6.45, 7) is 0. The fourth-order valence-electron chi connectivity index (χ4n) is 2.29. The van der Waals surface area contributed by atoms with Gasteiger partial charge >= 0.3 is 5.97 Å². The van der Waals surface area contributed by atoms with E-state index in [1.54, 1.807) is 36.4 Å². The fraction of sp³-hybridized carbons (Fsp3) is 0. The molecule has 0 radical (unpaired) electrons. The van der Waals surface area contributed by atoms with Gasteiger partial charge in [-0.1, -0.05) is 50.7 Å². The van der Waals surface area contributed by atoms with E-state index in [1.807, 2.05) is 0 Å². The molecule has 4 nitrogen and oxygen atoms in total. The van der Waals surface area contributed by atoms with Gasteiger partial charge in [-0.05, 0) is 60.7 Å². The molecule has 3 aromatic rings. The van der Waals surface area contributed by atoms with Gasteiger partial charge in [-0.25, -0.2) is 4.79 Å². The maximum Gasteiger partial charge on any atom is 0.343 e. The maximum absolute atomic E-state index is 12.7. The van der Waals surface area contributed by atoms with Gasteiger partial charge in [0.1, 0.15) is 5.75 Å². The highest BCUT2D eigenvalue weighted by atomic mass is 79.9. The lowest BCUT2D eigenvalue weighted by atomic mass is 10.1. The van der Waals surface area contributed by atoms with Crippen molar-refractivity contribution in [3.63, 3.8) is 0 Å². The lowest BCUT2D eigenvalue weighted by molar-refractivity contribution is 0.0733. The maximum atomic E-state index is 12.7. The molecule has 0 unspecified atom stereocenters. The van der Waals surface area contributed by atoms with E-state index < -0.39 is 11.9 Å². The van der Waals surface area contributed by atoms with E-state index in [9.17, 15) is 9.59 Å². The largest absolute Gasteiger partial charge is 0.422 e. The standard InChI is InChI=1S/C20H11BrCl3NO3/c21-12-3-1-11(2-4-12)20(27)28-18-8-5-13(22)9-15(18)19(26)25-14-6-7-16(23)17(24)10-14/h1-10H,(H,25,26). The smallest absolute Gasteiger partial charge is 0.343 e.